The number of benzene rings is 1. The van der Waals surface area contributed by atoms with Gasteiger partial charge in [0.2, 0.25) is 0 Å². The van der Waals surface area contributed by atoms with Crippen LogP contribution < -0.4 is 0 Å². The van der Waals surface area contributed by atoms with Gasteiger partial charge in [0.05, 0.1) is 5.54 Å². The number of nitrogens with zero attached hydrogens (tertiary/aromatic N) is 2. The van der Waals surface area contributed by atoms with Crippen LogP contribution in [0.15, 0.2) is 30.3 Å². The first-order chi connectivity index (χ1) is 9.73. The summed E-state index contributed by atoms with van der Waals surface area (Å²) in [6, 6.07) is 11.3. The average molecular weight is 272 g/mol. The molecule has 0 bridgehead atoms. The number of likely N-dealkylation sites (tertiary alicyclic amines) is 2. The molecular weight excluding hydrogens is 244 g/mol. The molecule has 0 aliphatic carbocycles. The van der Waals surface area contributed by atoms with Crippen LogP contribution in [0.25, 0.3) is 0 Å². The van der Waals surface area contributed by atoms with E-state index in [9.17, 15) is 0 Å². The molecule has 2 heterocycles. The SMILES string of the molecule is CC1CN(C)CCC1(c1ccccc1)N1CCCCC1. The molecular formula is C18H28N2. The molecule has 2 aliphatic rings. The first-order valence-corrected chi connectivity index (χ1v) is 8.22. The molecule has 0 spiro atoms. The van der Waals surface area contributed by atoms with E-state index in [-0.39, 0.29) is 5.54 Å². The highest BCUT2D eigenvalue weighted by molar-refractivity contribution is 5.27. The van der Waals surface area contributed by atoms with E-state index in [2.05, 4.69) is 54.1 Å². The zero-order chi connectivity index (χ0) is 14.0. The smallest absolute Gasteiger partial charge is 0.0510 e. The van der Waals surface area contributed by atoms with Crippen molar-refractivity contribution < 1.29 is 0 Å². The van der Waals surface area contributed by atoms with Crippen molar-refractivity contribution in [1.29, 1.82) is 0 Å². The minimum absolute atomic E-state index is 0.272. The van der Waals surface area contributed by atoms with Crippen molar-refractivity contribution in [3.8, 4) is 0 Å². The molecule has 2 atom stereocenters. The van der Waals surface area contributed by atoms with E-state index in [1.807, 2.05) is 0 Å². The van der Waals surface area contributed by atoms with Gasteiger partial charge in [-0.3, -0.25) is 4.90 Å². The monoisotopic (exact) mass is 272 g/mol. The maximum Gasteiger partial charge on any atom is 0.0510 e. The Bertz CT molecular complexity index is 424. The van der Waals surface area contributed by atoms with Gasteiger partial charge in [-0.05, 0) is 57.4 Å². The van der Waals surface area contributed by atoms with Crippen LogP contribution in [0.5, 0.6) is 0 Å². The molecule has 20 heavy (non-hydrogen) atoms. The van der Waals surface area contributed by atoms with Crippen molar-refractivity contribution in [3.05, 3.63) is 35.9 Å². The normalized spacial score (nSPS) is 33.2. The topological polar surface area (TPSA) is 6.48 Å². The third-order valence-corrected chi connectivity index (χ3v) is 5.47. The summed E-state index contributed by atoms with van der Waals surface area (Å²) in [7, 11) is 2.27. The molecule has 2 fully saturated rings. The van der Waals surface area contributed by atoms with Crippen LogP contribution in [0.2, 0.25) is 0 Å². The standard InChI is InChI=1S/C18H28N2/c1-16-15-19(2)14-11-18(16,17-9-5-3-6-10-17)20-12-7-4-8-13-20/h3,5-6,9-10,16H,4,7-8,11-15H2,1-2H3. The summed E-state index contributed by atoms with van der Waals surface area (Å²) in [6.45, 7) is 7.45. The molecule has 1 aromatic rings. The molecule has 2 nitrogen and oxygen atoms in total. The Labute approximate surface area is 123 Å². The Morgan fingerprint density at radius 1 is 1.00 bits per heavy atom. The third-order valence-electron chi connectivity index (χ3n) is 5.47. The Balaban J connectivity index is 1.98. The van der Waals surface area contributed by atoms with E-state index in [1.165, 1.54) is 51.9 Å². The van der Waals surface area contributed by atoms with Gasteiger partial charge in [-0.1, -0.05) is 43.7 Å². The Morgan fingerprint density at radius 2 is 1.70 bits per heavy atom. The molecule has 0 aromatic heterocycles. The summed E-state index contributed by atoms with van der Waals surface area (Å²) < 4.78 is 0. The highest BCUT2D eigenvalue weighted by atomic mass is 15.2. The van der Waals surface area contributed by atoms with Gasteiger partial charge >= 0.3 is 0 Å². The van der Waals surface area contributed by atoms with E-state index in [1.54, 1.807) is 5.56 Å². The van der Waals surface area contributed by atoms with Gasteiger partial charge < -0.3 is 4.90 Å². The molecule has 1 aromatic carbocycles. The molecule has 0 N–H and O–H groups in total. The maximum atomic E-state index is 2.81. The van der Waals surface area contributed by atoms with E-state index in [4.69, 9.17) is 0 Å². The molecule has 2 heteroatoms. The van der Waals surface area contributed by atoms with Gasteiger partial charge in [0.25, 0.3) is 0 Å². The van der Waals surface area contributed by atoms with Crippen LogP contribution in [0.3, 0.4) is 0 Å². The average Bonchev–Trinajstić information content (AvgIpc) is 2.50. The van der Waals surface area contributed by atoms with E-state index < -0.39 is 0 Å². The fraction of sp³-hybridized carbons (Fsp3) is 0.667. The van der Waals surface area contributed by atoms with Crippen molar-refractivity contribution in [2.24, 2.45) is 5.92 Å². The molecule has 2 aliphatic heterocycles. The highest BCUT2D eigenvalue weighted by Gasteiger charge is 2.45. The Hall–Kier alpha value is -0.860. The number of rotatable bonds is 2. The highest BCUT2D eigenvalue weighted by Crippen LogP contribution is 2.43. The van der Waals surface area contributed by atoms with E-state index in [0.29, 0.717) is 5.92 Å². The second-order valence-electron chi connectivity index (χ2n) is 6.75. The number of piperidine rings is 2. The molecule has 2 saturated heterocycles. The lowest BCUT2D eigenvalue weighted by atomic mass is 9.72. The lowest BCUT2D eigenvalue weighted by molar-refractivity contribution is -0.0314. The maximum absolute atomic E-state index is 2.81. The molecule has 0 amide bonds. The lowest BCUT2D eigenvalue weighted by Crippen LogP contribution is -2.58. The first kappa shape index (κ1) is 14.1. The summed E-state index contributed by atoms with van der Waals surface area (Å²) in [4.78, 5) is 5.30. The molecule has 2 unspecified atom stereocenters. The fourth-order valence-electron chi connectivity index (χ4n) is 4.42. The van der Waals surface area contributed by atoms with Crippen LogP contribution in [0.4, 0.5) is 0 Å². The van der Waals surface area contributed by atoms with Gasteiger partial charge in [-0.15, -0.1) is 0 Å². The number of hydrogen-bond donors (Lipinski definition) is 0. The van der Waals surface area contributed by atoms with Crippen molar-refractivity contribution in [3.63, 3.8) is 0 Å². The first-order valence-electron chi connectivity index (χ1n) is 8.22. The summed E-state index contributed by atoms with van der Waals surface area (Å²) >= 11 is 0. The van der Waals surface area contributed by atoms with Crippen LogP contribution >= 0.6 is 0 Å². The second kappa shape index (κ2) is 5.87. The molecule has 110 valence electrons. The Kier molecular flexibility index (Phi) is 4.13. The molecule has 3 rings (SSSR count). The predicted octanol–water partition coefficient (Wildman–Crippen LogP) is 3.34. The minimum Gasteiger partial charge on any atom is -0.306 e. The van der Waals surface area contributed by atoms with Gasteiger partial charge in [-0.2, -0.15) is 0 Å². The van der Waals surface area contributed by atoms with Crippen molar-refractivity contribution in [1.82, 2.24) is 9.80 Å². The van der Waals surface area contributed by atoms with Crippen molar-refractivity contribution in [2.75, 3.05) is 33.2 Å². The summed E-state index contributed by atoms with van der Waals surface area (Å²) in [5, 5.41) is 0. The van der Waals surface area contributed by atoms with Gasteiger partial charge in [0.15, 0.2) is 0 Å². The van der Waals surface area contributed by atoms with Gasteiger partial charge in [0, 0.05) is 6.54 Å². The van der Waals surface area contributed by atoms with Gasteiger partial charge in [0.1, 0.15) is 0 Å². The van der Waals surface area contributed by atoms with Crippen LogP contribution in [0.1, 0.15) is 38.2 Å². The second-order valence-corrected chi connectivity index (χ2v) is 6.75. The number of hydrogen-bond acceptors (Lipinski definition) is 2. The largest absolute Gasteiger partial charge is 0.306 e. The van der Waals surface area contributed by atoms with E-state index >= 15 is 0 Å². The lowest BCUT2D eigenvalue weighted by Gasteiger charge is -2.54. The van der Waals surface area contributed by atoms with Crippen LogP contribution in [-0.2, 0) is 5.54 Å². The Morgan fingerprint density at radius 3 is 2.35 bits per heavy atom. The van der Waals surface area contributed by atoms with Gasteiger partial charge in [-0.25, -0.2) is 0 Å². The van der Waals surface area contributed by atoms with E-state index in [0.717, 1.165) is 0 Å². The third kappa shape index (κ3) is 2.40. The molecule has 0 radical (unpaired) electrons. The van der Waals surface area contributed by atoms with Crippen molar-refractivity contribution in [2.45, 2.75) is 38.1 Å². The molecule has 0 saturated carbocycles. The predicted molar refractivity (Wildman–Crippen MR) is 84.8 cm³/mol. The zero-order valence-corrected chi connectivity index (χ0v) is 13.0. The fourth-order valence-corrected chi connectivity index (χ4v) is 4.42. The van der Waals surface area contributed by atoms with Crippen LogP contribution in [0, 0.1) is 5.92 Å². The summed E-state index contributed by atoms with van der Waals surface area (Å²) in [5.74, 6) is 0.696. The zero-order valence-electron chi connectivity index (χ0n) is 13.0. The van der Waals surface area contributed by atoms with Crippen molar-refractivity contribution >= 4 is 0 Å². The minimum atomic E-state index is 0.272. The van der Waals surface area contributed by atoms with Crippen LogP contribution in [-0.4, -0.2) is 43.0 Å². The summed E-state index contributed by atoms with van der Waals surface area (Å²) in [6.07, 6.45) is 5.43. The quantitative estimate of drug-likeness (QED) is 0.815. The summed E-state index contributed by atoms with van der Waals surface area (Å²) in [5.41, 5.74) is 1.82.